The molecular formula is C21H26N2O3S. The van der Waals surface area contributed by atoms with E-state index in [1.165, 1.54) is 17.3 Å². The van der Waals surface area contributed by atoms with E-state index in [0.717, 1.165) is 16.2 Å². The number of rotatable bonds is 8. The Hall–Kier alpha value is -2.47. The van der Waals surface area contributed by atoms with Crippen LogP contribution >= 0.6 is 11.8 Å². The van der Waals surface area contributed by atoms with Crippen LogP contribution in [0, 0.1) is 13.8 Å². The number of thioether (sulfide) groups is 1. The molecule has 144 valence electrons. The fraction of sp³-hybridized carbons (Fsp3) is 0.333. The summed E-state index contributed by atoms with van der Waals surface area (Å²) >= 11 is 1.37. The zero-order valence-electron chi connectivity index (χ0n) is 16.2. The lowest BCUT2D eigenvalue weighted by atomic mass is 10.1. The molecule has 0 saturated heterocycles. The van der Waals surface area contributed by atoms with E-state index < -0.39 is 0 Å². The first-order valence-corrected chi connectivity index (χ1v) is 9.77. The molecule has 2 amide bonds. The van der Waals surface area contributed by atoms with E-state index in [9.17, 15) is 9.59 Å². The number of carbonyl (C=O) groups excluding carboxylic acids is 2. The molecule has 0 aliphatic carbocycles. The number of amides is 2. The molecule has 0 atom stereocenters. The van der Waals surface area contributed by atoms with E-state index in [1.54, 1.807) is 25.1 Å². The lowest BCUT2D eigenvalue weighted by Gasteiger charge is -2.13. The molecule has 2 aromatic carbocycles. The summed E-state index contributed by atoms with van der Waals surface area (Å²) in [5, 5.41) is 2.88. The lowest BCUT2D eigenvalue weighted by Crippen LogP contribution is -2.28. The van der Waals surface area contributed by atoms with Crippen molar-refractivity contribution in [3.05, 3.63) is 59.2 Å². The lowest BCUT2D eigenvalue weighted by molar-refractivity contribution is -0.125. The summed E-state index contributed by atoms with van der Waals surface area (Å²) < 4.78 is 5.74. The quantitative estimate of drug-likeness (QED) is 0.559. The van der Waals surface area contributed by atoms with Crippen LogP contribution in [0.15, 0.2) is 47.4 Å². The van der Waals surface area contributed by atoms with Crippen molar-refractivity contribution < 1.29 is 14.3 Å². The second-order valence-electron chi connectivity index (χ2n) is 6.45. The third-order valence-corrected chi connectivity index (χ3v) is 5.02. The maximum atomic E-state index is 12.5. The fourth-order valence-electron chi connectivity index (χ4n) is 2.43. The van der Waals surface area contributed by atoms with Gasteiger partial charge in [0, 0.05) is 19.0 Å². The van der Waals surface area contributed by atoms with Gasteiger partial charge in [0.25, 0.3) is 5.91 Å². The molecule has 0 unspecified atom stereocenters. The summed E-state index contributed by atoms with van der Waals surface area (Å²) in [6.45, 7) is 4.84. The van der Waals surface area contributed by atoms with Crippen LogP contribution in [0.5, 0.6) is 5.75 Å². The van der Waals surface area contributed by atoms with Crippen molar-refractivity contribution in [3.63, 3.8) is 0 Å². The first-order chi connectivity index (χ1) is 12.9. The summed E-state index contributed by atoms with van der Waals surface area (Å²) in [4.78, 5) is 26.6. The number of nitrogens with one attached hydrogen (secondary N) is 1. The first kappa shape index (κ1) is 20.8. The molecule has 0 saturated carbocycles. The normalized spacial score (nSPS) is 10.4. The Balaban J connectivity index is 1.87. The van der Waals surface area contributed by atoms with Gasteiger partial charge >= 0.3 is 0 Å². The minimum atomic E-state index is -0.167. The monoisotopic (exact) mass is 386 g/mol. The molecule has 6 heteroatoms. The number of ether oxygens (including phenoxy) is 1. The zero-order valence-corrected chi connectivity index (χ0v) is 17.1. The Morgan fingerprint density at radius 3 is 2.56 bits per heavy atom. The Kier molecular flexibility index (Phi) is 7.73. The molecule has 2 aromatic rings. The number of aryl methyl sites for hydroxylation is 2. The Morgan fingerprint density at radius 2 is 1.85 bits per heavy atom. The summed E-state index contributed by atoms with van der Waals surface area (Å²) in [6, 6.07) is 13.3. The second kappa shape index (κ2) is 10.0. The summed E-state index contributed by atoms with van der Waals surface area (Å²) in [7, 11) is 3.44. The topological polar surface area (TPSA) is 58.6 Å². The van der Waals surface area contributed by atoms with E-state index in [2.05, 4.69) is 11.4 Å². The molecule has 0 aliphatic rings. The molecule has 5 nitrogen and oxygen atoms in total. The van der Waals surface area contributed by atoms with E-state index in [4.69, 9.17) is 4.74 Å². The highest BCUT2D eigenvalue weighted by Crippen LogP contribution is 2.23. The second-order valence-corrected chi connectivity index (χ2v) is 7.46. The van der Waals surface area contributed by atoms with Crippen molar-refractivity contribution in [2.45, 2.75) is 18.7 Å². The van der Waals surface area contributed by atoms with Gasteiger partial charge in [0.1, 0.15) is 12.4 Å². The summed E-state index contributed by atoms with van der Waals surface area (Å²) in [5.41, 5.74) is 2.84. The molecule has 0 fully saturated rings. The minimum Gasteiger partial charge on any atom is -0.491 e. The van der Waals surface area contributed by atoms with Gasteiger partial charge in [-0.1, -0.05) is 29.8 Å². The highest BCUT2D eigenvalue weighted by molar-refractivity contribution is 8.00. The average Bonchev–Trinajstić information content (AvgIpc) is 2.64. The van der Waals surface area contributed by atoms with Crippen LogP contribution in [0.4, 0.5) is 0 Å². The van der Waals surface area contributed by atoms with Crippen LogP contribution < -0.4 is 10.1 Å². The van der Waals surface area contributed by atoms with E-state index >= 15 is 0 Å². The van der Waals surface area contributed by atoms with Crippen LogP contribution in [0.25, 0.3) is 0 Å². The smallest absolute Gasteiger partial charge is 0.252 e. The standard InChI is InChI=1S/C21H26N2O3S/c1-15-9-10-18(16(2)13-15)26-12-11-22-21(25)17-7-5-6-8-19(17)27-14-20(24)23(3)4/h5-10,13H,11-12,14H2,1-4H3,(H,22,25). The van der Waals surface area contributed by atoms with Gasteiger partial charge in [-0.25, -0.2) is 0 Å². The highest BCUT2D eigenvalue weighted by atomic mass is 32.2. The van der Waals surface area contributed by atoms with Crippen LogP contribution in [0.2, 0.25) is 0 Å². The van der Waals surface area contributed by atoms with Gasteiger partial charge in [0.05, 0.1) is 17.9 Å². The SMILES string of the molecule is Cc1ccc(OCCNC(=O)c2ccccc2SCC(=O)N(C)C)c(C)c1. The van der Waals surface area contributed by atoms with Crippen molar-refractivity contribution in [2.24, 2.45) is 0 Å². The van der Waals surface area contributed by atoms with Crippen LogP contribution in [0.1, 0.15) is 21.5 Å². The van der Waals surface area contributed by atoms with Crippen LogP contribution in [0.3, 0.4) is 0 Å². The maximum Gasteiger partial charge on any atom is 0.252 e. The van der Waals surface area contributed by atoms with Crippen molar-refractivity contribution in [2.75, 3.05) is 33.0 Å². The predicted molar refractivity (Wildman–Crippen MR) is 110 cm³/mol. The Morgan fingerprint density at radius 1 is 1.11 bits per heavy atom. The number of benzene rings is 2. The van der Waals surface area contributed by atoms with Gasteiger partial charge in [-0.15, -0.1) is 11.8 Å². The van der Waals surface area contributed by atoms with Gasteiger partial charge in [0.15, 0.2) is 0 Å². The number of nitrogens with zero attached hydrogens (tertiary/aromatic N) is 1. The third kappa shape index (κ3) is 6.32. The van der Waals surface area contributed by atoms with Gasteiger partial charge < -0.3 is 15.0 Å². The van der Waals surface area contributed by atoms with Gasteiger partial charge in [-0.05, 0) is 37.6 Å². The predicted octanol–water partition coefficient (Wildman–Crippen LogP) is 3.29. The van der Waals surface area contributed by atoms with Gasteiger partial charge in [-0.2, -0.15) is 0 Å². The average molecular weight is 387 g/mol. The summed E-state index contributed by atoms with van der Waals surface area (Å²) in [6.07, 6.45) is 0. The van der Waals surface area contributed by atoms with Crippen LogP contribution in [-0.4, -0.2) is 49.7 Å². The van der Waals surface area contributed by atoms with Crippen molar-refractivity contribution >= 4 is 23.6 Å². The van der Waals surface area contributed by atoms with Crippen LogP contribution in [-0.2, 0) is 4.79 Å². The summed E-state index contributed by atoms with van der Waals surface area (Å²) in [5.74, 6) is 0.970. The molecule has 0 heterocycles. The molecule has 1 N–H and O–H groups in total. The molecule has 27 heavy (non-hydrogen) atoms. The number of hydrogen-bond acceptors (Lipinski definition) is 4. The van der Waals surface area contributed by atoms with E-state index in [-0.39, 0.29) is 11.8 Å². The Bertz CT molecular complexity index is 806. The molecule has 0 aromatic heterocycles. The highest BCUT2D eigenvalue weighted by Gasteiger charge is 2.13. The number of hydrogen-bond donors (Lipinski definition) is 1. The van der Waals surface area contributed by atoms with Crippen molar-refractivity contribution in [1.29, 1.82) is 0 Å². The van der Waals surface area contributed by atoms with E-state index in [1.807, 2.05) is 44.2 Å². The maximum absolute atomic E-state index is 12.5. The molecule has 2 rings (SSSR count). The molecule has 0 bridgehead atoms. The first-order valence-electron chi connectivity index (χ1n) is 8.78. The zero-order chi connectivity index (χ0) is 19.8. The van der Waals surface area contributed by atoms with E-state index in [0.29, 0.717) is 24.5 Å². The number of carbonyl (C=O) groups is 2. The third-order valence-electron chi connectivity index (χ3n) is 3.96. The largest absolute Gasteiger partial charge is 0.491 e. The molecular weight excluding hydrogens is 360 g/mol. The molecule has 0 radical (unpaired) electrons. The molecule has 0 aliphatic heterocycles. The van der Waals surface area contributed by atoms with Crippen molar-refractivity contribution in [3.8, 4) is 5.75 Å². The van der Waals surface area contributed by atoms with Gasteiger partial charge in [-0.3, -0.25) is 9.59 Å². The van der Waals surface area contributed by atoms with Crippen molar-refractivity contribution in [1.82, 2.24) is 10.2 Å². The minimum absolute atomic E-state index is 0.0112. The Labute approximate surface area is 165 Å². The van der Waals surface area contributed by atoms with Gasteiger partial charge in [0.2, 0.25) is 5.91 Å². The molecule has 0 spiro atoms. The fourth-order valence-corrected chi connectivity index (χ4v) is 3.46.